The summed E-state index contributed by atoms with van der Waals surface area (Å²) in [5.41, 5.74) is 1.46. The second kappa shape index (κ2) is 6.05. The lowest BCUT2D eigenvalue weighted by molar-refractivity contribution is -0.121. The van der Waals surface area contributed by atoms with Crippen LogP contribution in [0, 0.1) is 5.92 Å². The fourth-order valence-corrected chi connectivity index (χ4v) is 2.67. The molecule has 6 heteroatoms. The van der Waals surface area contributed by atoms with E-state index in [4.69, 9.17) is 4.74 Å². The molecule has 0 spiro atoms. The standard InChI is InChI=1S/C15H18N4O2/c1-2-14-11(7-10-21-14)15(20)18-12-5-3-4-6-13(12)19-16-8-9-17-19/h3-6,8-9,11,14H,2,7,10H2,1H3,(H,18,20)/t11-,14+/m1/s1. The Labute approximate surface area is 123 Å². The van der Waals surface area contributed by atoms with Gasteiger partial charge in [-0.1, -0.05) is 19.1 Å². The highest BCUT2D eigenvalue weighted by Crippen LogP contribution is 2.26. The molecule has 3 rings (SSSR count). The van der Waals surface area contributed by atoms with Gasteiger partial charge in [-0.25, -0.2) is 0 Å². The van der Waals surface area contributed by atoms with Crippen molar-refractivity contribution in [2.45, 2.75) is 25.9 Å². The highest BCUT2D eigenvalue weighted by molar-refractivity contribution is 5.94. The third-order valence-electron chi connectivity index (χ3n) is 3.74. The maximum absolute atomic E-state index is 12.5. The summed E-state index contributed by atoms with van der Waals surface area (Å²) in [4.78, 5) is 14.0. The molecule has 6 nitrogen and oxygen atoms in total. The first kappa shape index (κ1) is 13.8. The molecule has 1 aromatic carbocycles. The third kappa shape index (κ3) is 2.80. The van der Waals surface area contributed by atoms with Crippen molar-refractivity contribution >= 4 is 11.6 Å². The zero-order valence-corrected chi connectivity index (χ0v) is 11.9. The summed E-state index contributed by atoms with van der Waals surface area (Å²) in [7, 11) is 0. The van der Waals surface area contributed by atoms with Crippen LogP contribution in [-0.4, -0.2) is 33.6 Å². The number of nitrogens with one attached hydrogen (secondary N) is 1. The zero-order chi connectivity index (χ0) is 14.7. The Balaban J connectivity index is 1.81. The van der Waals surface area contributed by atoms with Crippen LogP contribution >= 0.6 is 0 Å². The van der Waals surface area contributed by atoms with Gasteiger partial charge in [0.1, 0.15) is 5.69 Å². The van der Waals surface area contributed by atoms with Crippen LogP contribution in [0.5, 0.6) is 0 Å². The van der Waals surface area contributed by atoms with E-state index in [-0.39, 0.29) is 17.9 Å². The number of carbonyl (C=O) groups is 1. The van der Waals surface area contributed by atoms with Gasteiger partial charge in [0.25, 0.3) is 0 Å². The molecule has 0 radical (unpaired) electrons. The molecule has 0 bridgehead atoms. The summed E-state index contributed by atoms with van der Waals surface area (Å²) in [5, 5.41) is 11.2. The van der Waals surface area contributed by atoms with Gasteiger partial charge in [-0.3, -0.25) is 4.79 Å². The lowest BCUT2D eigenvalue weighted by Gasteiger charge is -2.17. The highest BCUT2D eigenvalue weighted by atomic mass is 16.5. The molecule has 2 atom stereocenters. The Morgan fingerprint density at radius 3 is 2.90 bits per heavy atom. The Kier molecular flexibility index (Phi) is 3.96. The quantitative estimate of drug-likeness (QED) is 0.933. The number of hydrogen-bond acceptors (Lipinski definition) is 4. The molecule has 0 aliphatic carbocycles. The van der Waals surface area contributed by atoms with E-state index in [2.05, 4.69) is 15.5 Å². The topological polar surface area (TPSA) is 69.0 Å². The number of hydrogen-bond donors (Lipinski definition) is 1. The van der Waals surface area contributed by atoms with Crippen molar-refractivity contribution in [3.63, 3.8) is 0 Å². The molecule has 1 fully saturated rings. The number of benzene rings is 1. The predicted octanol–water partition coefficient (Wildman–Crippen LogP) is 2.02. The largest absolute Gasteiger partial charge is 0.377 e. The van der Waals surface area contributed by atoms with Crippen molar-refractivity contribution in [3.8, 4) is 5.69 Å². The van der Waals surface area contributed by atoms with E-state index in [1.54, 1.807) is 12.4 Å². The Morgan fingerprint density at radius 1 is 1.38 bits per heavy atom. The van der Waals surface area contributed by atoms with Gasteiger partial charge < -0.3 is 10.1 Å². The molecule has 110 valence electrons. The van der Waals surface area contributed by atoms with Crippen LogP contribution in [0.4, 0.5) is 5.69 Å². The van der Waals surface area contributed by atoms with Gasteiger partial charge in [-0.2, -0.15) is 10.2 Å². The smallest absolute Gasteiger partial charge is 0.230 e. The molecule has 1 aliphatic rings. The van der Waals surface area contributed by atoms with E-state index in [0.717, 1.165) is 18.5 Å². The molecule has 2 aromatic rings. The number of amides is 1. The van der Waals surface area contributed by atoms with Crippen LogP contribution in [0.15, 0.2) is 36.7 Å². The van der Waals surface area contributed by atoms with E-state index in [9.17, 15) is 4.79 Å². The van der Waals surface area contributed by atoms with Gasteiger partial charge in [0.2, 0.25) is 5.91 Å². The van der Waals surface area contributed by atoms with Gasteiger partial charge in [0, 0.05) is 6.61 Å². The van der Waals surface area contributed by atoms with Crippen LogP contribution < -0.4 is 5.32 Å². The molecular weight excluding hydrogens is 268 g/mol. The van der Waals surface area contributed by atoms with E-state index in [1.165, 1.54) is 4.80 Å². The minimum Gasteiger partial charge on any atom is -0.377 e. The van der Waals surface area contributed by atoms with Crippen molar-refractivity contribution in [1.82, 2.24) is 15.0 Å². The molecule has 1 amide bonds. The van der Waals surface area contributed by atoms with Crippen LogP contribution in [0.1, 0.15) is 19.8 Å². The summed E-state index contributed by atoms with van der Waals surface area (Å²) in [6.07, 6.45) is 4.85. The second-order valence-electron chi connectivity index (χ2n) is 5.04. The van der Waals surface area contributed by atoms with Crippen LogP contribution in [0.3, 0.4) is 0 Å². The van der Waals surface area contributed by atoms with Crippen molar-refractivity contribution in [2.75, 3.05) is 11.9 Å². The van der Waals surface area contributed by atoms with E-state index in [0.29, 0.717) is 12.3 Å². The first-order valence-corrected chi connectivity index (χ1v) is 7.17. The maximum atomic E-state index is 12.5. The zero-order valence-electron chi connectivity index (χ0n) is 11.9. The van der Waals surface area contributed by atoms with Gasteiger partial charge >= 0.3 is 0 Å². The average Bonchev–Trinajstić information content (AvgIpc) is 3.19. The third-order valence-corrected chi connectivity index (χ3v) is 3.74. The van der Waals surface area contributed by atoms with Crippen LogP contribution in [-0.2, 0) is 9.53 Å². The Hall–Kier alpha value is -2.21. The summed E-state index contributed by atoms with van der Waals surface area (Å²) in [5.74, 6) is -0.0902. The fraction of sp³-hybridized carbons (Fsp3) is 0.400. The summed E-state index contributed by atoms with van der Waals surface area (Å²) in [6.45, 7) is 2.69. The molecule has 2 heterocycles. The number of para-hydroxylation sites is 2. The number of aromatic nitrogens is 3. The van der Waals surface area contributed by atoms with E-state index in [1.807, 2.05) is 31.2 Å². The molecule has 1 N–H and O–H groups in total. The number of rotatable bonds is 4. The maximum Gasteiger partial charge on any atom is 0.230 e. The summed E-state index contributed by atoms with van der Waals surface area (Å²) < 4.78 is 5.59. The molecule has 0 saturated carbocycles. The Morgan fingerprint density at radius 2 is 2.14 bits per heavy atom. The number of ether oxygens (including phenoxy) is 1. The van der Waals surface area contributed by atoms with Crippen molar-refractivity contribution in [3.05, 3.63) is 36.7 Å². The minimum absolute atomic E-state index is 0.000967. The number of nitrogens with zero attached hydrogens (tertiary/aromatic N) is 3. The molecule has 21 heavy (non-hydrogen) atoms. The van der Waals surface area contributed by atoms with Gasteiger partial charge in [-0.15, -0.1) is 4.80 Å². The minimum atomic E-state index is -0.0892. The molecule has 1 aliphatic heterocycles. The van der Waals surface area contributed by atoms with Crippen LogP contribution in [0.25, 0.3) is 5.69 Å². The molecule has 0 unspecified atom stereocenters. The van der Waals surface area contributed by atoms with Gasteiger partial charge in [0.15, 0.2) is 0 Å². The second-order valence-corrected chi connectivity index (χ2v) is 5.04. The summed E-state index contributed by atoms with van der Waals surface area (Å²) >= 11 is 0. The lowest BCUT2D eigenvalue weighted by Crippen LogP contribution is -2.29. The average molecular weight is 286 g/mol. The van der Waals surface area contributed by atoms with Gasteiger partial charge in [-0.05, 0) is 25.0 Å². The predicted molar refractivity (Wildman–Crippen MR) is 78.1 cm³/mol. The Bertz CT molecular complexity index is 612. The van der Waals surface area contributed by atoms with E-state index < -0.39 is 0 Å². The molecule has 1 aromatic heterocycles. The van der Waals surface area contributed by atoms with Crippen molar-refractivity contribution in [1.29, 1.82) is 0 Å². The summed E-state index contributed by atoms with van der Waals surface area (Å²) in [6, 6.07) is 7.50. The molecular formula is C15H18N4O2. The first-order valence-electron chi connectivity index (χ1n) is 7.17. The normalized spacial score (nSPS) is 21.4. The van der Waals surface area contributed by atoms with Crippen molar-refractivity contribution in [2.24, 2.45) is 5.92 Å². The molecule has 1 saturated heterocycles. The fourth-order valence-electron chi connectivity index (χ4n) is 2.67. The van der Waals surface area contributed by atoms with Gasteiger partial charge in [0.05, 0.1) is 30.1 Å². The van der Waals surface area contributed by atoms with Crippen LogP contribution in [0.2, 0.25) is 0 Å². The first-order chi connectivity index (χ1) is 10.3. The number of carbonyl (C=O) groups excluding carboxylic acids is 1. The SMILES string of the molecule is CC[C@@H]1OCC[C@H]1C(=O)Nc1ccccc1-n1nccn1. The number of anilines is 1. The monoisotopic (exact) mass is 286 g/mol. The van der Waals surface area contributed by atoms with Crippen molar-refractivity contribution < 1.29 is 9.53 Å². The lowest BCUT2D eigenvalue weighted by atomic mass is 9.98. The van der Waals surface area contributed by atoms with E-state index >= 15 is 0 Å². The highest BCUT2D eigenvalue weighted by Gasteiger charge is 2.33.